The maximum atomic E-state index is 14.4. The topological polar surface area (TPSA) is 102 Å². The molecule has 2 aromatic carbocycles. The number of alkyl carbamates (subject to hydrolysis) is 1. The summed E-state index contributed by atoms with van der Waals surface area (Å²) in [5, 5.41) is 3.13. The van der Waals surface area contributed by atoms with Crippen LogP contribution in [-0.2, 0) is 16.1 Å². The normalized spacial score (nSPS) is 16.2. The Bertz CT molecular complexity index is 1060. The fraction of sp³-hybridized carbons (Fsp3) is 0.318. The molecule has 3 N–H and O–H groups in total. The van der Waals surface area contributed by atoms with Gasteiger partial charge in [-0.25, -0.2) is 9.18 Å². The van der Waals surface area contributed by atoms with Crippen LogP contribution in [0, 0.1) is 5.82 Å². The molecule has 170 valence electrons. The van der Waals surface area contributed by atoms with Crippen LogP contribution in [0.15, 0.2) is 41.3 Å². The molecule has 0 aliphatic carbocycles. The fourth-order valence-corrected chi connectivity index (χ4v) is 4.30. The third kappa shape index (κ3) is 5.72. The van der Waals surface area contributed by atoms with Crippen LogP contribution in [0.3, 0.4) is 0 Å². The molecule has 3 amide bonds. The van der Waals surface area contributed by atoms with Gasteiger partial charge in [0.2, 0.25) is 0 Å². The summed E-state index contributed by atoms with van der Waals surface area (Å²) in [5.41, 5.74) is 5.33. The summed E-state index contributed by atoms with van der Waals surface area (Å²) in [4.78, 5) is 39.3. The van der Waals surface area contributed by atoms with E-state index in [9.17, 15) is 18.8 Å². The molecule has 2 aromatic rings. The minimum atomic E-state index is -0.943. The molecule has 3 rings (SSSR count). The van der Waals surface area contributed by atoms with Crippen molar-refractivity contribution in [3.05, 3.63) is 58.4 Å². The van der Waals surface area contributed by atoms with Crippen LogP contribution in [0.25, 0.3) is 0 Å². The Kier molecular flexibility index (Phi) is 7.00. The van der Waals surface area contributed by atoms with E-state index >= 15 is 0 Å². The molecule has 1 aliphatic heterocycles. The number of hydrogen-bond acceptors (Lipinski definition) is 5. The first-order chi connectivity index (χ1) is 14.9. The highest BCUT2D eigenvalue weighted by Crippen LogP contribution is 2.37. The molecule has 0 fully saturated rings. The Morgan fingerprint density at radius 3 is 2.53 bits per heavy atom. The summed E-state index contributed by atoms with van der Waals surface area (Å²) in [6, 6.07) is 8.39. The van der Waals surface area contributed by atoms with E-state index in [1.165, 1.54) is 28.8 Å². The Labute approximate surface area is 194 Å². The van der Waals surface area contributed by atoms with E-state index in [0.29, 0.717) is 15.6 Å². The van der Waals surface area contributed by atoms with Gasteiger partial charge in [-0.1, -0.05) is 23.7 Å². The third-order valence-electron chi connectivity index (χ3n) is 4.52. The number of hydrogen-bond donors (Lipinski definition) is 2. The maximum Gasteiger partial charge on any atom is 0.408 e. The first kappa shape index (κ1) is 23.9. The second-order valence-corrected chi connectivity index (χ2v) is 9.72. The Balaban J connectivity index is 2.00. The number of fused-ring (bicyclic) bond motifs is 1. The van der Waals surface area contributed by atoms with Crippen molar-refractivity contribution in [1.29, 1.82) is 0 Å². The highest BCUT2D eigenvalue weighted by Gasteiger charge is 2.34. The monoisotopic (exact) mass is 479 g/mol. The van der Waals surface area contributed by atoms with Gasteiger partial charge >= 0.3 is 6.09 Å². The van der Waals surface area contributed by atoms with E-state index in [4.69, 9.17) is 22.1 Å². The Morgan fingerprint density at radius 2 is 1.94 bits per heavy atom. The van der Waals surface area contributed by atoms with Gasteiger partial charge in [-0.15, -0.1) is 11.8 Å². The van der Waals surface area contributed by atoms with Crippen molar-refractivity contribution in [3.8, 4) is 0 Å². The Morgan fingerprint density at radius 1 is 1.28 bits per heavy atom. The fourth-order valence-electron chi connectivity index (χ4n) is 3.10. The molecule has 1 heterocycles. The van der Waals surface area contributed by atoms with Gasteiger partial charge in [0.15, 0.2) is 0 Å². The van der Waals surface area contributed by atoms with Crippen LogP contribution >= 0.6 is 23.4 Å². The van der Waals surface area contributed by atoms with Crippen LogP contribution in [0.2, 0.25) is 5.02 Å². The van der Waals surface area contributed by atoms with Crippen LogP contribution < -0.4 is 16.0 Å². The predicted molar refractivity (Wildman–Crippen MR) is 121 cm³/mol. The highest BCUT2D eigenvalue weighted by atomic mass is 35.5. The van der Waals surface area contributed by atoms with Gasteiger partial charge < -0.3 is 20.7 Å². The van der Waals surface area contributed by atoms with Crippen LogP contribution in [-0.4, -0.2) is 35.3 Å². The summed E-state index contributed by atoms with van der Waals surface area (Å²) < 4.78 is 19.7. The summed E-state index contributed by atoms with van der Waals surface area (Å²) in [7, 11) is 0. The van der Waals surface area contributed by atoms with Crippen molar-refractivity contribution >= 4 is 47.0 Å². The van der Waals surface area contributed by atoms with Gasteiger partial charge in [0.1, 0.15) is 17.5 Å². The predicted octanol–water partition coefficient (Wildman–Crippen LogP) is 4.11. The number of benzene rings is 2. The summed E-state index contributed by atoms with van der Waals surface area (Å²) in [6.07, 6.45) is -0.738. The minimum absolute atomic E-state index is 0.111. The number of amides is 3. The summed E-state index contributed by atoms with van der Waals surface area (Å²) >= 11 is 7.14. The zero-order valence-corrected chi connectivity index (χ0v) is 19.3. The third-order valence-corrected chi connectivity index (χ3v) is 5.91. The van der Waals surface area contributed by atoms with Crippen molar-refractivity contribution in [1.82, 2.24) is 5.32 Å². The average molecular weight is 480 g/mol. The van der Waals surface area contributed by atoms with Crippen molar-refractivity contribution in [2.24, 2.45) is 5.73 Å². The van der Waals surface area contributed by atoms with Gasteiger partial charge in [0.25, 0.3) is 11.8 Å². The lowest BCUT2D eigenvalue weighted by molar-refractivity contribution is -0.120. The molecule has 0 spiro atoms. The number of anilines is 1. The summed E-state index contributed by atoms with van der Waals surface area (Å²) in [5.74, 6) is -2.00. The number of carbonyl (C=O) groups excluding carboxylic acids is 3. The SMILES string of the molecule is CC(C)(C)OC(=O)N[C@H]1CSc2cc(F)c(C(N)=O)cc2N(Cc2ccc(Cl)cc2)C1=O. The molecule has 0 saturated carbocycles. The van der Waals surface area contributed by atoms with Gasteiger partial charge in [-0.3, -0.25) is 9.59 Å². The molecule has 1 aliphatic rings. The van der Waals surface area contributed by atoms with E-state index in [1.807, 2.05) is 0 Å². The number of carbonyl (C=O) groups is 3. The van der Waals surface area contributed by atoms with E-state index in [-0.39, 0.29) is 17.9 Å². The van der Waals surface area contributed by atoms with E-state index in [0.717, 1.165) is 5.56 Å². The summed E-state index contributed by atoms with van der Waals surface area (Å²) in [6.45, 7) is 5.26. The van der Waals surface area contributed by atoms with Crippen LogP contribution in [0.1, 0.15) is 36.7 Å². The highest BCUT2D eigenvalue weighted by molar-refractivity contribution is 7.99. The molecule has 10 heteroatoms. The molecule has 0 unspecified atom stereocenters. The largest absolute Gasteiger partial charge is 0.444 e. The average Bonchev–Trinajstić information content (AvgIpc) is 2.79. The molecule has 32 heavy (non-hydrogen) atoms. The van der Waals surface area contributed by atoms with Gasteiger partial charge in [0, 0.05) is 15.7 Å². The zero-order valence-electron chi connectivity index (χ0n) is 17.8. The van der Waals surface area contributed by atoms with E-state index < -0.39 is 35.4 Å². The quantitative estimate of drug-likeness (QED) is 0.687. The lowest BCUT2D eigenvalue weighted by atomic mass is 10.1. The number of ether oxygens (including phenoxy) is 1. The number of halogens is 2. The second-order valence-electron chi connectivity index (χ2n) is 8.22. The van der Waals surface area contributed by atoms with E-state index in [2.05, 4.69) is 5.32 Å². The number of thioether (sulfide) groups is 1. The zero-order chi connectivity index (χ0) is 23.6. The van der Waals surface area contributed by atoms with Crippen LogP contribution in [0.4, 0.5) is 14.9 Å². The first-order valence-electron chi connectivity index (χ1n) is 9.76. The maximum absolute atomic E-state index is 14.4. The van der Waals surface area contributed by atoms with E-state index in [1.54, 1.807) is 45.0 Å². The lowest BCUT2D eigenvalue weighted by Crippen LogP contribution is -2.50. The van der Waals surface area contributed by atoms with Gasteiger partial charge in [0.05, 0.1) is 17.8 Å². The lowest BCUT2D eigenvalue weighted by Gasteiger charge is -2.27. The van der Waals surface area contributed by atoms with Gasteiger partial charge in [-0.2, -0.15) is 0 Å². The number of primary amides is 1. The number of nitrogens with zero attached hydrogens (tertiary/aromatic N) is 1. The smallest absolute Gasteiger partial charge is 0.408 e. The number of nitrogens with two attached hydrogens (primary N) is 1. The standard InChI is InChI=1S/C22H23ClFN3O4S/c1-22(2,3)31-21(30)26-16-11-32-18-9-15(24)14(19(25)28)8-17(18)27(20(16)29)10-12-4-6-13(23)7-5-12/h4-9,16H,10-11H2,1-3H3,(H2,25,28)(H,26,30)/t16-/m0/s1. The first-order valence-corrected chi connectivity index (χ1v) is 11.1. The molecular weight excluding hydrogens is 457 g/mol. The van der Waals surface area contributed by atoms with Gasteiger partial charge in [-0.05, 0) is 50.6 Å². The Hall–Kier alpha value is -2.78. The second kappa shape index (κ2) is 9.38. The number of nitrogens with one attached hydrogen (secondary N) is 1. The molecule has 0 radical (unpaired) electrons. The van der Waals surface area contributed by atoms with Crippen molar-refractivity contribution in [2.75, 3.05) is 10.7 Å². The molecule has 0 saturated heterocycles. The van der Waals surface area contributed by atoms with Crippen molar-refractivity contribution < 1.29 is 23.5 Å². The molecule has 1 atom stereocenters. The minimum Gasteiger partial charge on any atom is -0.444 e. The number of rotatable bonds is 4. The molecular formula is C22H23ClFN3O4S. The van der Waals surface area contributed by atoms with Crippen LogP contribution in [0.5, 0.6) is 0 Å². The van der Waals surface area contributed by atoms with Crippen molar-refractivity contribution in [3.63, 3.8) is 0 Å². The van der Waals surface area contributed by atoms with Crippen molar-refractivity contribution in [2.45, 2.75) is 43.9 Å². The molecule has 7 nitrogen and oxygen atoms in total. The molecule has 0 bridgehead atoms. The molecule has 0 aromatic heterocycles.